The van der Waals surface area contributed by atoms with Gasteiger partial charge in [-0.2, -0.15) is 9.97 Å². The van der Waals surface area contributed by atoms with Crippen LogP contribution in [0.25, 0.3) is 93.0 Å². The molecule has 11 rings (SSSR count). The first-order valence-corrected chi connectivity index (χ1v) is 18.9. The van der Waals surface area contributed by atoms with Crippen LogP contribution in [0.15, 0.2) is 158 Å². The van der Waals surface area contributed by atoms with Crippen molar-refractivity contribution in [1.29, 1.82) is 0 Å². The van der Waals surface area contributed by atoms with E-state index in [-0.39, 0.29) is 5.41 Å². The van der Waals surface area contributed by atoms with Gasteiger partial charge in [-0.15, -0.1) is 11.3 Å². The number of fused-ring (bicyclic) bond motifs is 9. The number of nitrogens with zero attached hydrogens (tertiary/aromatic N) is 4. The summed E-state index contributed by atoms with van der Waals surface area (Å²) >= 11 is 1.81. The highest BCUT2D eigenvalue weighted by Crippen LogP contribution is 2.51. The highest BCUT2D eigenvalue weighted by molar-refractivity contribution is 7.26. The maximum Gasteiger partial charge on any atom is 0.238 e. The molecule has 250 valence electrons. The minimum Gasteiger partial charge on any atom is -0.278 e. The van der Waals surface area contributed by atoms with Gasteiger partial charge < -0.3 is 0 Å². The fourth-order valence-electron chi connectivity index (χ4n) is 8.51. The van der Waals surface area contributed by atoms with E-state index in [1.165, 1.54) is 64.3 Å². The van der Waals surface area contributed by atoms with Gasteiger partial charge in [0, 0.05) is 47.5 Å². The van der Waals surface area contributed by atoms with Gasteiger partial charge in [0.05, 0.1) is 11.0 Å². The Morgan fingerprint density at radius 2 is 1.15 bits per heavy atom. The SMILES string of the molecule is CC1(C)c2ccccc2-c2cc3c(cc21)c1ccccc1n3-c1nc(-c2ccccc2)nc(-c2ccc3c(c2)sc2cccc(-c4ccccc4)c23)n1. The molecule has 5 heteroatoms. The maximum absolute atomic E-state index is 5.31. The van der Waals surface area contributed by atoms with E-state index < -0.39 is 0 Å². The standard InChI is InChI=1S/C48H32N4S/c1-48(2)38-21-11-9-18-33(38)36-28-41-37(27-39(36)48)34-19-10-12-22-40(34)52(41)47-50-45(30-16-7-4-8-17-30)49-46(51-47)31-24-25-35-43(26-31)53-42-23-13-20-32(44(35)42)29-14-5-3-6-15-29/h3-28H,1-2H3. The smallest absolute Gasteiger partial charge is 0.238 e. The van der Waals surface area contributed by atoms with Crippen LogP contribution in [0, 0.1) is 0 Å². The van der Waals surface area contributed by atoms with Crippen LogP contribution in [-0.2, 0) is 5.41 Å². The van der Waals surface area contributed by atoms with Crippen LogP contribution in [0.4, 0.5) is 0 Å². The summed E-state index contributed by atoms with van der Waals surface area (Å²) in [5.74, 6) is 1.90. The molecule has 0 radical (unpaired) electrons. The molecule has 3 heterocycles. The van der Waals surface area contributed by atoms with E-state index in [2.05, 4.69) is 158 Å². The Morgan fingerprint density at radius 1 is 0.453 bits per heavy atom. The number of benzene rings is 7. The van der Waals surface area contributed by atoms with Crippen LogP contribution < -0.4 is 0 Å². The molecule has 0 amide bonds. The van der Waals surface area contributed by atoms with E-state index in [1.54, 1.807) is 0 Å². The summed E-state index contributed by atoms with van der Waals surface area (Å²) in [6.45, 7) is 4.67. The Kier molecular flexibility index (Phi) is 6.43. The predicted molar refractivity (Wildman–Crippen MR) is 221 cm³/mol. The lowest BCUT2D eigenvalue weighted by molar-refractivity contribution is 0.661. The van der Waals surface area contributed by atoms with Gasteiger partial charge >= 0.3 is 0 Å². The van der Waals surface area contributed by atoms with Crippen LogP contribution in [0.5, 0.6) is 0 Å². The lowest BCUT2D eigenvalue weighted by Gasteiger charge is -2.21. The maximum atomic E-state index is 5.31. The third-order valence-electron chi connectivity index (χ3n) is 11.1. The van der Waals surface area contributed by atoms with Crippen LogP contribution in [0.1, 0.15) is 25.0 Å². The predicted octanol–water partition coefficient (Wildman–Crippen LogP) is 12.6. The fraction of sp³-hybridized carbons (Fsp3) is 0.0625. The monoisotopic (exact) mass is 696 g/mol. The molecule has 0 atom stereocenters. The van der Waals surface area contributed by atoms with Gasteiger partial charge in [0.15, 0.2) is 11.6 Å². The molecule has 0 saturated heterocycles. The summed E-state index contributed by atoms with van der Waals surface area (Å²) in [5, 5.41) is 4.91. The van der Waals surface area contributed by atoms with Crippen molar-refractivity contribution in [3.63, 3.8) is 0 Å². The van der Waals surface area contributed by atoms with Gasteiger partial charge in [-0.3, -0.25) is 4.57 Å². The third-order valence-corrected chi connectivity index (χ3v) is 12.2. The van der Waals surface area contributed by atoms with Gasteiger partial charge in [-0.05, 0) is 63.7 Å². The molecule has 0 saturated carbocycles. The van der Waals surface area contributed by atoms with E-state index in [0.29, 0.717) is 17.6 Å². The lowest BCUT2D eigenvalue weighted by atomic mass is 9.82. The van der Waals surface area contributed by atoms with Crippen LogP contribution in [0.3, 0.4) is 0 Å². The van der Waals surface area contributed by atoms with Crippen molar-refractivity contribution in [2.24, 2.45) is 0 Å². The first-order chi connectivity index (χ1) is 26.0. The molecule has 1 aliphatic carbocycles. The number of hydrogen-bond acceptors (Lipinski definition) is 4. The summed E-state index contributed by atoms with van der Waals surface area (Å²) in [6.07, 6.45) is 0. The van der Waals surface area contributed by atoms with E-state index in [4.69, 9.17) is 15.0 Å². The molecule has 7 aromatic carbocycles. The second-order valence-electron chi connectivity index (χ2n) is 14.4. The number of aromatic nitrogens is 4. The molecule has 1 aliphatic rings. The van der Waals surface area contributed by atoms with Gasteiger partial charge in [-0.25, -0.2) is 4.98 Å². The Balaban J connectivity index is 1.16. The molecule has 0 unspecified atom stereocenters. The number of rotatable bonds is 4. The third kappa shape index (κ3) is 4.51. The Bertz CT molecular complexity index is 3080. The molecule has 0 fully saturated rings. The van der Waals surface area contributed by atoms with Crippen molar-refractivity contribution in [3.8, 4) is 51.0 Å². The zero-order chi connectivity index (χ0) is 35.3. The van der Waals surface area contributed by atoms with E-state index in [9.17, 15) is 0 Å². The molecule has 0 spiro atoms. The normalized spacial score (nSPS) is 13.2. The Morgan fingerprint density at radius 3 is 1.98 bits per heavy atom. The minimum absolute atomic E-state index is 0.1000. The van der Waals surface area contributed by atoms with Crippen molar-refractivity contribution in [3.05, 3.63) is 169 Å². The number of thiophene rings is 1. The molecular weight excluding hydrogens is 665 g/mol. The fourth-order valence-corrected chi connectivity index (χ4v) is 9.68. The quantitative estimate of drug-likeness (QED) is 0.184. The zero-order valence-electron chi connectivity index (χ0n) is 29.2. The highest BCUT2D eigenvalue weighted by atomic mass is 32.1. The average Bonchev–Trinajstić information content (AvgIpc) is 3.82. The first kappa shape index (κ1) is 30.2. The summed E-state index contributed by atoms with van der Waals surface area (Å²) in [6, 6.07) is 56.4. The van der Waals surface area contributed by atoms with Crippen molar-refractivity contribution in [1.82, 2.24) is 19.5 Å². The summed E-state index contributed by atoms with van der Waals surface area (Å²) < 4.78 is 4.71. The first-order valence-electron chi connectivity index (χ1n) is 18.0. The van der Waals surface area contributed by atoms with Gasteiger partial charge in [-0.1, -0.05) is 141 Å². The topological polar surface area (TPSA) is 43.6 Å². The lowest BCUT2D eigenvalue weighted by Crippen LogP contribution is -2.14. The average molecular weight is 697 g/mol. The summed E-state index contributed by atoms with van der Waals surface area (Å²) in [4.78, 5) is 15.7. The van der Waals surface area contributed by atoms with Crippen LogP contribution >= 0.6 is 11.3 Å². The molecule has 0 N–H and O–H groups in total. The van der Waals surface area contributed by atoms with E-state index in [0.717, 1.165) is 22.2 Å². The van der Waals surface area contributed by atoms with Crippen molar-refractivity contribution in [2.45, 2.75) is 19.3 Å². The molecule has 4 nitrogen and oxygen atoms in total. The number of para-hydroxylation sites is 1. The second kappa shape index (κ2) is 11.3. The van der Waals surface area contributed by atoms with E-state index >= 15 is 0 Å². The van der Waals surface area contributed by atoms with Crippen molar-refractivity contribution in [2.75, 3.05) is 0 Å². The highest BCUT2D eigenvalue weighted by Gasteiger charge is 2.36. The molecular formula is C48H32N4S. The van der Waals surface area contributed by atoms with E-state index in [1.807, 2.05) is 29.5 Å². The molecule has 10 aromatic rings. The van der Waals surface area contributed by atoms with Gasteiger partial charge in [0.25, 0.3) is 0 Å². The van der Waals surface area contributed by atoms with Crippen molar-refractivity contribution >= 4 is 53.3 Å². The Labute approximate surface area is 310 Å². The molecule has 0 aliphatic heterocycles. The van der Waals surface area contributed by atoms with Gasteiger partial charge in [0.1, 0.15) is 0 Å². The molecule has 3 aromatic heterocycles. The minimum atomic E-state index is -0.1000. The van der Waals surface area contributed by atoms with Crippen LogP contribution in [0.2, 0.25) is 0 Å². The van der Waals surface area contributed by atoms with Crippen molar-refractivity contribution < 1.29 is 0 Å². The largest absolute Gasteiger partial charge is 0.278 e. The summed E-state index contributed by atoms with van der Waals surface area (Å²) in [7, 11) is 0. The zero-order valence-corrected chi connectivity index (χ0v) is 30.0. The summed E-state index contributed by atoms with van der Waals surface area (Å²) in [5.41, 5.74) is 11.7. The second-order valence-corrected chi connectivity index (χ2v) is 15.5. The van der Waals surface area contributed by atoms with Crippen LogP contribution in [-0.4, -0.2) is 19.5 Å². The molecule has 53 heavy (non-hydrogen) atoms. The van der Waals surface area contributed by atoms with Gasteiger partial charge in [0.2, 0.25) is 5.95 Å². The number of hydrogen-bond donors (Lipinski definition) is 0. The Hall–Kier alpha value is -6.43. The molecule has 0 bridgehead atoms.